The number of rotatable bonds is 6. The van der Waals surface area contributed by atoms with E-state index in [9.17, 15) is 33.6 Å². The van der Waals surface area contributed by atoms with Crippen LogP contribution in [0, 0.1) is 17.1 Å². The van der Waals surface area contributed by atoms with Gasteiger partial charge in [0, 0.05) is 51.6 Å². The molecule has 0 radical (unpaired) electrons. The Bertz CT molecular complexity index is 1840. The lowest BCUT2D eigenvalue weighted by molar-refractivity contribution is -0.142. The zero-order chi connectivity index (χ0) is 33.9. The molecule has 0 amide bonds. The lowest BCUT2D eigenvalue weighted by Gasteiger charge is -2.60. The summed E-state index contributed by atoms with van der Waals surface area (Å²) >= 11 is 0. The largest absolute Gasteiger partial charge is 0.492 e. The van der Waals surface area contributed by atoms with Crippen molar-refractivity contribution < 1.29 is 42.6 Å². The van der Waals surface area contributed by atoms with E-state index in [2.05, 4.69) is 6.07 Å². The minimum Gasteiger partial charge on any atom is -0.492 e. The Morgan fingerprint density at radius 3 is 2.04 bits per heavy atom. The van der Waals surface area contributed by atoms with Crippen LogP contribution in [0.15, 0.2) is 75.3 Å². The highest BCUT2D eigenvalue weighted by atomic mass is 19.1. The standard InChI is InChI=1S/C35H32FN3O8/c1-16-30(41)20-13-23-29-28-21(31(42)17(2)35(46-5)33(28)44)12-22(38(29)3)24(14-37)39(23)25(27(20)32(43)34(16)45-4)15-47-26(40)11-8-18-6-9-19(36)10-7-18/h6-11,22-25,29H,12-13,15H2,1-5H3/b11-8+/t22-,23-,24-,25-,29+/m0/s1. The Labute approximate surface area is 270 Å². The van der Waals surface area contributed by atoms with Crippen molar-refractivity contribution in [2.75, 3.05) is 27.9 Å². The number of benzene rings is 1. The van der Waals surface area contributed by atoms with E-state index in [-0.39, 0.29) is 58.0 Å². The fourth-order valence-electron chi connectivity index (χ4n) is 7.72. The number of hydrogen-bond donors (Lipinski definition) is 0. The van der Waals surface area contributed by atoms with E-state index < -0.39 is 66.0 Å². The summed E-state index contributed by atoms with van der Waals surface area (Å²) in [5.74, 6) is -3.13. The molecule has 0 N–H and O–H groups in total. The number of carbonyl (C=O) groups is 5. The topological polar surface area (TPSA) is 143 Å². The Hall–Kier alpha value is -4.99. The molecule has 11 nitrogen and oxygen atoms in total. The van der Waals surface area contributed by atoms with Crippen molar-refractivity contribution in [1.82, 2.24) is 9.80 Å². The van der Waals surface area contributed by atoms with E-state index in [0.29, 0.717) is 11.1 Å². The molecule has 47 heavy (non-hydrogen) atoms. The molecule has 2 aliphatic carbocycles. The Balaban J connectivity index is 1.44. The van der Waals surface area contributed by atoms with Crippen molar-refractivity contribution in [1.29, 1.82) is 5.26 Å². The molecule has 0 saturated carbocycles. The molecule has 1 saturated heterocycles. The van der Waals surface area contributed by atoms with Crippen LogP contribution in [0.25, 0.3) is 6.08 Å². The van der Waals surface area contributed by atoms with Gasteiger partial charge in [-0.1, -0.05) is 12.1 Å². The number of ketones is 4. The van der Waals surface area contributed by atoms with E-state index in [1.165, 1.54) is 58.4 Å². The first kappa shape index (κ1) is 32.0. The zero-order valence-corrected chi connectivity index (χ0v) is 26.5. The number of piperazine rings is 1. The number of nitriles is 1. The van der Waals surface area contributed by atoms with Crippen LogP contribution in [0.2, 0.25) is 0 Å². The molecule has 1 aromatic rings. The summed E-state index contributed by atoms with van der Waals surface area (Å²) in [6.07, 6.45) is 2.69. The van der Waals surface area contributed by atoms with Crippen LogP contribution in [0.3, 0.4) is 0 Å². The summed E-state index contributed by atoms with van der Waals surface area (Å²) in [7, 11) is 4.39. The predicted molar refractivity (Wildman–Crippen MR) is 163 cm³/mol. The second kappa shape index (κ2) is 12.0. The first-order valence-electron chi connectivity index (χ1n) is 15.1. The van der Waals surface area contributed by atoms with E-state index in [0.717, 1.165) is 6.08 Å². The molecule has 1 aromatic carbocycles. The van der Waals surface area contributed by atoms with Crippen molar-refractivity contribution in [2.24, 2.45) is 0 Å². The molecule has 2 bridgehead atoms. The number of methoxy groups -OCH3 is 2. The van der Waals surface area contributed by atoms with E-state index in [1.54, 1.807) is 11.9 Å². The van der Waals surface area contributed by atoms with Gasteiger partial charge in [0.25, 0.3) is 0 Å². The predicted octanol–water partition coefficient (Wildman–Crippen LogP) is 2.54. The lowest BCUT2D eigenvalue weighted by Crippen LogP contribution is -2.74. The van der Waals surface area contributed by atoms with Crippen molar-refractivity contribution in [3.63, 3.8) is 0 Å². The molecule has 6 rings (SSSR count). The van der Waals surface area contributed by atoms with Crippen LogP contribution in [-0.2, 0) is 38.2 Å². The Morgan fingerprint density at radius 2 is 1.47 bits per heavy atom. The first-order chi connectivity index (χ1) is 22.4. The molecule has 0 spiro atoms. The van der Waals surface area contributed by atoms with E-state index >= 15 is 0 Å². The number of ether oxygens (including phenoxy) is 3. The quantitative estimate of drug-likeness (QED) is 0.257. The molecule has 5 aliphatic rings. The average molecular weight is 642 g/mol. The fraction of sp³-hybridized carbons (Fsp3) is 0.371. The smallest absolute Gasteiger partial charge is 0.330 e. The van der Waals surface area contributed by atoms with Crippen LogP contribution in [0.1, 0.15) is 32.3 Å². The van der Waals surface area contributed by atoms with E-state index in [4.69, 9.17) is 14.2 Å². The summed E-state index contributed by atoms with van der Waals surface area (Å²) in [6.45, 7) is 2.63. The fourth-order valence-corrected chi connectivity index (χ4v) is 7.72. The van der Waals surface area contributed by atoms with Crippen molar-refractivity contribution in [3.8, 4) is 6.07 Å². The Morgan fingerprint density at radius 1 is 0.915 bits per heavy atom. The summed E-state index contributed by atoms with van der Waals surface area (Å²) in [4.78, 5) is 71.8. The number of esters is 1. The minimum absolute atomic E-state index is 0.00761. The number of carbonyl (C=O) groups excluding carboxylic acids is 5. The van der Waals surface area contributed by atoms with Crippen molar-refractivity contribution >= 4 is 35.2 Å². The van der Waals surface area contributed by atoms with Crippen LogP contribution in [0.4, 0.5) is 4.39 Å². The van der Waals surface area contributed by atoms with Crippen LogP contribution < -0.4 is 0 Å². The number of likely N-dealkylation sites (N-methyl/N-ethyl adjacent to an activating group) is 1. The third kappa shape index (κ3) is 4.89. The SMILES string of the molecule is COC1=C(C)C(=O)C2=C(C1=O)[C@H]1[C@@H]3CC4=C(C(=O)C(OC)=C(C)C4=O)[C@H](COC(=O)/C=C/c4ccc(F)cc4)N3[C@@H](C#N)[C@H](C2)N1C. The molecule has 3 aliphatic heterocycles. The average Bonchev–Trinajstić information content (AvgIpc) is 3.05. The van der Waals surface area contributed by atoms with Crippen LogP contribution in [0.5, 0.6) is 0 Å². The normalized spacial score (nSPS) is 28.0. The summed E-state index contributed by atoms with van der Waals surface area (Å²) in [5, 5.41) is 10.6. The van der Waals surface area contributed by atoms with Gasteiger partial charge >= 0.3 is 5.97 Å². The van der Waals surface area contributed by atoms with Gasteiger partial charge in [0.2, 0.25) is 11.6 Å². The van der Waals surface area contributed by atoms with Gasteiger partial charge in [-0.15, -0.1) is 0 Å². The van der Waals surface area contributed by atoms with Gasteiger partial charge in [-0.25, -0.2) is 9.18 Å². The number of halogens is 1. The third-order valence-electron chi connectivity index (χ3n) is 9.88. The Kier molecular flexibility index (Phi) is 8.15. The summed E-state index contributed by atoms with van der Waals surface area (Å²) < 4.78 is 29.7. The van der Waals surface area contributed by atoms with Gasteiger partial charge in [0.15, 0.2) is 23.1 Å². The zero-order valence-electron chi connectivity index (χ0n) is 26.5. The van der Waals surface area contributed by atoms with Gasteiger partial charge in [-0.05, 0) is 57.5 Å². The molecule has 1 fully saturated rings. The van der Waals surface area contributed by atoms with Gasteiger partial charge in [-0.2, -0.15) is 5.26 Å². The van der Waals surface area contributed by atoms with Crippen molar-refractivity contribution in [3.05, 3.63) is 86.7 Å². The maximum Gasteiger partial charge on any atom is 0.330 e. The van der Waals surface area contributed by atoms with Crippen LogP contribution in [-0.4, -0.2) is 97.0 Å². The third-order valence-corrected chi connectivity index (χ3v) is 9.88. The second-order valence-electron chi connectivity index (χ2n) is 12.1. The highest BCUT2D eigenvalue weighted by Gasteiger charge is 2.60. The maximum atomic E-state index is 13.9. The number of hydrogen-bond acceptors (Lipinski definition) is 11. The maximum absolute atomic E-state index is 13.9. The van der Waals surface area contributed by atoms with Crippen molar-refractivity contribution in [2.45, 2.75) is 56.9 Å². The molecule has 0 aromatic heterocycles. The second-order valence-corrected chi connectivity index (χ2v) is 12.1. The number of allylic oxidation sites excluding steroid dienone is 4. The van der Waals surface area contributed by atoms with Gasteiger partial charge < -0.3 is 14.2 Å². The highest BCUT2D eigenvalue weighted by molar-refractivity contribution is 6.26. The lowest BCUT2D eigenvalue weighted by atomic mass is 9.67. The molecule has 5 atom stereocenters. The number of nitrogens with zero attached hydrogens (tertiary/aromatic N) is 3. The molecular formula is C35H32FN3O8. The number of fused-ring (bicyclic) bond motifs is 5. The van der Waals surface area contributed by atoms with Gasteiger partial charge in [-0.3, -0.25) is 29.0 Å². The highest BCUT2D eigenvalue weighted by Crippen LogP contribution is 2.49. The molecule has 3 heterocycles. The minimum atomic E-state index is -1.05. The van der Waals surface area contributed by atoms with Gasteiger partial charge in [0.05, 0.1) is 32.4 Å². The monoisotopic (exact) mass is 641 g/mol. The first-order valence-corrected chi connectivity index (χ1v) is 15.1. The molecular weight excluding hydrogens is 609 g/mol. The van der Waals surface area contributed by atoms with E-state index in [1.807, 2.05) is 4.90 Å². The summed E-state index contributed by atoms with van der Waals surface area (Å²) in [6, 6.07) is 3.81. The van der Waals surface area contributed by atoms with Crippen LogP contribution >= 0.6 is 0 Å². The number of Topliss-reactive ketones (excluding diaryl/α,β-unsaturated/α-hetero) is 4. The molecule has 0 unspecified atom stereocenters. The van der Waals surface area contributed by atoms with Gasteiger partial charge in [0.1, 0.15) is 18.5 Å². The molecule has 12 heteroatoms. The summed E-state index contributed by atoms with van der Waals surface area (Å²) in [5.41, 5.74) is 1.67. The molecule has 242 valence electrons.